The number of nitrogens with one attached hydrogen (secondary N) is 1. The van der Waals surface area contributed by atoms with Gasteiger partial charge < -0.3 is 20.2 Å². The highest BCUT2D eigenvalue weighted by Gasteiger charge is 2.32. The van der Waals surface area contributed by atoms with Crippen LogP contribution in [0.5, 0.6) is 0 Å². The summed E-state index contributed by atoms with van der Waals surface area (Å²) in [6.07, 6.45) is 0. The molecule has 0 saturated carbocycles. The van der Waals surface area contributed by atoms with E-state index in [2.05, 4.69) is 9.97 Å². The molecule has 18 heavy (non-hydrogen) atoms. The third-order valence-electron chi connectivity index (χ3n) is 2.14. The maximum Gasteiger partial charge on any atom is 0.462 e. The van der Waals surface area contributed by atoms with Crippen LogP contribution in [0.4, 0.5) is 16.0 Å². The molecule has 0 radical (unpaired) electrons. The predicted octanol–water partition coefficient (Wildman–Crippen LogP) is 2.03. The molecular formula is C9H5FN4O4. The van der Waals surface area contributed by atoms with E-state index in [1.165, 1.54) is 12.1 Å². The van der Waals surface area contributed by atoms with Crippen LogP contribution in [0.15, 0.2) is 24.3 Å². The summed E-state index contributed by atoms with van der Waals surface area (Å²) >= 11 is 0. The number of H-pyrrole nitrogens is 1. The van der Waals surface area contributed by atoms with Crippen molar-refractivity contribution in [3.63, 3.8) is 0 Å². The van der Waals surface area contributed by atoms with Gasteiger partial charge in [0.25, 0.3) is 0 Å². The van der Waals surface area contributed by atoms with Crippen molar-refractivity contribution in [3.8, 4) is 11.4 Å². The lowest BCUT2D eigenvalue weighted by Crippen LogP contribution is -1.94. The highest BCUT2D eigenvalue weighted by atomic mass is 19.1. The molecule has 0 spiro atoms. The van der Waals surface area contributed by atoms with Crippen LogP contribution in [-0.2, 0) is 0 Å². The van der Waals surface area contributed by atoms with Crippen molar-refractivity contribution in [1.29, 1.82) is 0 Å². The molecule has 0 saturated heterocycles. The topological polar surface area (TPSA) is 115 Å². The Bertz CT molecular complexity index is 590. The standard InChI is InChI=1S/C9H5FN4O4/c10-6-3-1-5(2-4-6)7-11-8(13(15)16)9(12-7)14(17)18/h1-4H,(H,11,12). The molecule has 0 bridgehead atoms. The third kappa shape index (κ3) is 2.00. The molecule has 0 atom stereocenters. The van der Waals surface area contributed by atoms with Gasteiger partial charge in [0.1, 0.15) is 5.82 Å². The minimum absolute atomic E-state index is 0.0617. The Balaban J connectivity index is 2.53. The third-order valence-corrected chi connectivity index (χ3v) is 2.14. The molecular weight excluding hydrogens is 247 g/mol. The monoisotopic (exact) mass is 252 g/mol. The van der Waals surface area contributed by atoms with Gasteiger partial charge in [-0.25, -0.2) is 4.39 Å². The summed E-state index contributed by atoms with van der Waals surface area (Å²) in [6, 6.07) is 4.86. The smallest absolute Gasteiger partial charge is 0.358 e. The Kier molecular flexibility index (Phi) is 2.72. The second-order valence-electron chi connectivity index (χ2n) is 3.28. The van der Waals surface area contributed by atoms with Crippen LogP contribution in [0.1, 0.15) is 0 Å². The van der Waals surface area contributed by atoms with Crippen molar-refractivity contribution < 1.29 is 14.2 Å². The fraction of sp³-hybridized carbons (Fsp3) is 0. The van der Waals surface area contributed by atoms with Gasteiger partial charge in [0, 0.05) is 4.98 Å². The van der Waals surface area contributed by atoms with Gasteiger partial charge >= 0.3 is 17.5 Å². The van der Waals surface area contributed by atoms with E-state index in [1.807, 2.05) is 0 Å². The average molecular weight is 252 g/mol. The number of nitrogens with zero attached hydrogens (tertiary/aromatic N) is 3. The van der Waals surface area contributed by atoms with Gasteiger partial charge in [-0.05, 0) is 34.1 Å². The van der Waals surface area contributed by atoms with Gasteiger partial charge in [0.05, 0.1) is 5.56 Å². The van der Waals surface area contributed by atoms with Crippen molar-refractivity contribution >= 4 is 11.6 Å². The first-order chi connectivity index (χ1) is 8.49. The van der Waals surface area contributed by atoms with E-state index in [4.69, 9.17) is 0 Å². The second kappa shape index (κ2) is 4.20. The van der Waals surface area contributed by atoms with Gasteiger partial charge in [-0.3, -0.25) is 0 Å². The van der Waals surface area contributed by atoms with Crippen LogP contribution < -0.4 is 0 Å². The number of aromatic amines is 1. The average Bonchev–Trinajstić information content (AvgIpc) is 2.75. The van der Waals surface area contributed by atoms with Crippen LogP contribution in [0.2, 0.25) is 0 Å². The minimum Gasteiger partial charge on any atom is -0.358 e. The second-order valence-corrected chi connectivity index (χ2v) is 3.28. The highest BCUT2D eigenvalue weighted by Crippen LogP contribution is 2.28. The van der Waals surface area contributed by atoms with E-state index in [1.54, 1.807) is 0 Å². The molecule has 0 aliphatic heterocycles. The lowest BCUT2D eigenvalue weighted by Gasteiger charge is -1.89. The molecule has 2 rings (SSSR count). The fourth-order valence-electron chi connectivity index (χ4n) is 1.35. The number of rotatable bonds is 3. The molecule has 0 fully saturated rings. The number of hydrogen-bond donors (Lipinski definition) is 1. The number of nitro groups is 2. The lowest BCUT2D eigenvalue weighted by molar-refractivity contribution is -0.427. The van der Waals surface area contributed by atoms with Gasteiger partial charge in [-0.1, -0.05) is 0 Å². The summed E-state index contributed by atoms with van der Waals surface area (Å²) in [5.41, 5.74) is 0.313. The maximum atomic E-state index is 12.7. The summed E-state index contributed by atoms with van der Waals surface area (Å²) in [5, 5.41) is 21.2. The summed E-state index contributed by atoms with van der Waals surface area (Å²) in [5.74, 6) is -2.23. The first-order valence-electron chi connectivity index (χ1n) is 4.64. The Labute approximate surface area is 98.4 Å². The van der Waals surface area contributed by atoms with Gasteiger partial charge in [-0.15, -0.1) is 0 Å². The van der Waals surface area contributed by atoms with Crippen LogP contribution >= 0.6 is 0 Å². The van der Waals surface area contributed by atoms with Gasteiger partial charge in [0.2, 0.25) is 0 Å². The minimum atomic E-state index is -0.957. The van der Waals surface area contributed by atoms with Crippen molar-refractivity contribution in [2.24, 2.45) is 0 Å². The number of imidazole rings is 1. The fourth-order valence-corrected chi connectivity index (χ4v) is 1.35. The quantitative estimate of drug-likeness (QED) is 0.662. The van der Waals surface area contributed by atoms with Gasteiger partial charge in [0.15, 0.2) is 0 Å². The van der Waals surface area contributed by atoms with E-state index in [-0.39, 0.29) is 5.82 Å². The van der Waals surface area contributed by atoms with Crippen molar-refractivity contribution in [2.45, 2.75) is 0 Å². The molecule has 8 nitrogen and oxygen atoms in total. The molecule has 1 aromatic carbocycles. The molecule has 1 heterocycles. The summed E-state index contributed by atoms with van der Waals surface area (Å²) in [7, 11) is 0. The molecule has 2 aromatic rings. The first kappa shape index (κ1) is 11.6. The Morgan fingerprint density at radius 1 is 1.11 bits per heavy atom. The number of hydrogen-bond acceptors (Lipinski definition) is 5. The maximum absolute atomic E-state index is 12.7. The van der Waals surface area contributed by atoms with Crippen molar-refractivity contribution in [2.75, 3.05) is 0 Å². The molecule has 0 amide bonds. The van der Waals surface area contributed by atoms with Crippen LogP contribution in [0.3, 0.4) is 0 Å². The summed E-state index contributed by atoms with van der Waals surface area (Å²) in [4.78, 5) is 25.0. The number of benzene rings is 1. The highest BCUT2D eigenvalue weighted by molar-refractivity contribution is 5.60. The van der Waals surface area contributed by atoms with Crippen LogP contribution in [0.25, 0.3) is 11.4 Å². The van der Waals surface area contributed by atoms with E-state index in [0.717, 1.165) is 12.1 Å². The van der Waals surface area contributed by atoms with E-state index in [0.29, 0.717) is 5.56 Å². The number of aromatic nitrogens is 2. The molecule has 0 aliphatic carbocycles. The van der Waals surface area contributed by atoms with E-state index >= 15 is 0 Å². The predicted molar refractivity (Wildman–Crippen MR) is 57.3 cm³/mol. The zero-order chi connectivity index (χ0) is 13.3. The van der Waals surface area contributed by atoms with Crippen molar-refractivity contribution in [1.82, 2.24) is 9.97 Å². The van der Waals surface area contributed by atoms with Gasteiger partial charge in [-0.2, -0.15) is 4.98 Å². The van der Waals surface area contributed by atoms with E-state index < -0.39 is 27.3 Å². The summed E-state index contributed by atoms with van der Waals surface area (Å²) < 4.78 is 12.7. The largest absolute Gasteiger partial charge is 0.462 e. The van der Waals surface area contributed by atoms with Crippen LogP contribution in [0, 0.1) is 26.0 Å². The summed E-state index contributed by atoms with van der Waals surface area (Å²) in [6.45, 7) is 0. The zero-order valence-corrected chi connectivity index (χ0v) is 8.66. The molecule has 0 unspecified atom stereocenters. The van der Waals surface area contributed by atoms with Crippen LogP contribution in [-0.4, -0.2) is 19.8 Å². The lowest BCUT2D eigenvalue weighted by atomic mass is 10.2. The normalized spacial score (nSPS) is 10.3. The first-order valence-corrected chi connectivity index (χ1v) is 4.64. The molecule has 0 aliphatic rings. The number of halogens is 1. The zero-order valence-electron chi connectivity index (χ0n) is 8.66. The Morgan fingerprint density at radius 2 is 1.72 bits per heavy atom. The molecule has 1 aromatic heterocycles. The molecule has 92 valence electrons. The van der Waals surface area contributed by atoms with E-state index in [9.17, 15) is 24.6 Å². The SMILES string of the molecule is O=[N+]([O-])c1nc(-c2ccc(F)cc2)[nH]c1[N+](=O)[O-]. The Hall–Kier alpha value is -2.84. The molecule has 1 N–H and O–H groups in total. The molecule has 9 heteroatoms. The van der Waals surface area contributed by atoms with Crippen molar-refractivity contribution in [3.05, 3.63) is 50.3 Å². The Morgan fingerprint density at radius 3 is 2.17 bits per heavy atom.